The van der Waals surface area contributed by atoms with Crippen LogP contribution in [0.5, 0.6) is 0 Å². The average Bonchev–Trinajstić information content (AvgIpc) is 2.78. The number of aryl methyl sites for hydroxylation is 1. The molecule has 0 aliphatic heterocycles. The van der Waals surface area contributed by atoms with E-state index < -0.39 is 0 Å². The van der Waals surface area contributed by atoms with Gasteiger partial charge in [0.1, 0.15) is 5.78 Å². The van der Waals surface area contributed by atoms with Crippen LogP contribution in [0.3, 0.4) is 0 Å². The summed E-state index contributed by atoms with van der Waals surface area (Å²) in [5.41, 5.74) is 0.926. The Labute approximate surface area is 121 Å². The monoisotopic (exact) mass is 291 g/mol. The van der Waals surface area contributed by atoms with Gasteiger partial charge in [-0.05, 0) is 25.8 Å². The first-order valence-electron chi connectivity index (χ1n) is 6.44. The van der Waals surface area contributed by atoms with Crippen LogP contribution in [0.4, 0.5) is 0 Å². The summed E-state index contributed by atoms with van der Waals surface area (Å²) < 4.78 is 1.58. The number of hydrogen-bond acceptors (Lipinski definition) is 4. The first-order valence-corrected chi connectivity index (χ1v) is 7.32. The number of nitrogens with one attached hydrogen (secondary N) is 1. The summed E-state index contributed by atoms with van der Waals surface area (Å²) in [5, 5.41) is 6.79. The number of thioether (sulfide) groups is 1. The van der Waals surface area contributed by atoms with E-state index in [1.54, 1.807) is 4.57 Å². The van der Waals surface area contributed by atoms with Crippen LogP contribution in [0.1, 0.15) is 19.4 Å². The third-order valence-electron chi connectivity index (χ3n) is 3.04. The van der Waals surface area contributed by atoms with Crippen molar-refractivity contribution in [3.63, 3.8) is 0 Å². The van der Waals surface area contributed by atoms with Crippen LogP contribution in [-0.2, 0) is 17.8 Å². The van der Waals surface area contributed by atoms with Crippen molar-refractivity contribution < 1.29 is 4.79 Å². The predicted octanol–water partition coefficient (Wildman–Crippen LogP) is 1.88. The molecule has 0 unspecified atom stereocenters. The van der Waals surface area contributed by atoms with Gasteiger partial charge in [-0.3, -0.25) is 9.36 Å². The molecule has 0 amide bonds. The zero-order valence-corrected chi connectivity index (χ0v) is 12.3. The lowest BCUT2D eigenvalue weighted by molar-refractivity contribution is -0.116. The van der Waals surface area contributed by atoms with Gasteiger partial charge in [0.2, 0.25) is 0 Å². The summed E-state index contributed by atoms with van der Waals surface area (Å²) in [7, 11) is 0. The molecule has 0 bridgehead atoms. The molecule has 106 valence electrons. The first-order chi connectivity index (χ1) is 9.58. The molecule has 0 aliphatic carbocycles. The molecule has 1 atom stereocenters. The van der Waals surface area contributed by atoms with Gasteiger partial charge in [0.15, 0.2) is 5.16 Å². The number of carbonyl (C=O) groups is 1. The molecule has 6 heteroatoms. The smallest absolute Gasteiger partial charge is 0.299 e. The van der Waals surface area contributed by atoms with E-state index in [0.29, 0.717) is 11.7 Å². The molecule has 0 aliphatic rings. The predicted molar refractivity (Wildman–Crippen MR) is 79.0 cm³/mol. The Bertz CT molecular complexity index is 633. The van der Waals surface area contributed by atoms with Gasteiger partial charge in [-0.1, -0.05) is 42.1 Å². The fourth-order valence-corrected chi connectivity index (χ4v) is 2.60. The number of H-pyrrole nitrogens is 1. The largest absolute Gasteiger partial charge is 0.343 e. The number of hydrogen-bond donors (Lipinski definition) is 1. The quantitative estimate of drug-likeness (QED) is 0.825. The van der Waals surface area contributed by atoms with Crippen molar-refractivity contribution in [2.24, 2.45) is 0 Å². The summed E-state index contributed by atoms with van der Waals surface area (Å²) in [4.78, 5) is 23.1. The summed E-state index contributed by atoms with van der Waals surface area (Å²) >= 11 is 1.31. The van der Waals surface area contributed by atoms with Crippen LogP contribution in [0.15, 0.2) is 40.3 Å². The zero-order chi connectivity index (χ0) is 14.5. The lowest BCUT2D eigenvalue weighted by atomic mass is 10.1. The summed E-state index contributed by atoms with van der Waals surface area (Å²) in [6, 6.07) is 9.96. The van der Waals surface area contributed by atoms with Crippen molar-refractivity contribution in [1.29, 1.82) is 0 Å². The number of aromatic amines is 1. The molecular formula is C14H17N3O2S. The second kappa shape index (κ2) is 6.56. The highest BCUT2D eigenvalue weighted by Gasteiger charge is 2.15. The van der Waals surface area contributed by atoms with Gasteiger partial charge in [0, 0.05) is 6.54 Å². The van der Waals surface area contributed by atoms with Crippen LogP contribution in [0, 0.1) is 0 Å². The molecule has 1 heterocycles. The molecular weight excluding hydrogens is 274 g/mol. The molecule has 2 aromatic rings. The van der Waals surface area contributed by atoms with Crippen molar-refractivity contribution in [1.82, 2.24) is 14.8 Å². The van der Waals surface area contributed by atoms with Gasteiger partial charge in [-0.15, -0.1) is 5.10 Å². The zero-order valence-electron chi connectivity index (χ0n) is 11.5. The van der Waals surface area contributed by atoms with Crippen molar-refractivity contribution in [2.75, 3.05) is 0 Å². The summed E-state index contributed by atoms with van der Waals surface area (Å²) in [6.45, 7) is 3.90. The Morgan fingerprint density at radius 1 is 1.40 bits per heavy atom. The molecule has 2 rings (SSSR count). The molecule has 0 radical (unpaired) electrons. The van der Waals surface area contributed by atoms with Crippen LogP contribution in [0.25, 0.3) is 0 Å². The SMILES string of the molecule is CC(=O)[C@H](C)Sc1n[nH]c(=O)n1CCc1ccccc1. The molecule has 1 aromatic heterocycles. The third-order valence-corrected chi connectivity index (χ3v) is 4.25. The van der Waals surface area contributed by atoms with Crippen molar-refractivity contribution >= 4 is 17.5 Å². The number of carbonyl (C=O) groups excluding carboxylic acids is 1. The highest BCUT2D eigenvalue weighted by atomic mass is 32.2. The minimum atomic E-state index is -0.237. The molecule has 0 saturated heterocycles. The maximum atomic E-state index is 11.8. The Morgan fingerprint density at radius 3 is 2.75 bits per heavy atom. The Balaban J connectivity index is 2.09. The van der Waals surface area contributed by atoms with Crippen LogP contribution >= 0.6 is 11.8 Å². The van der Waals surface area contributed by atoms with E-state index >= 15 is 0 Å². The average molecular weight is 291 g/mol. The second-order valence-electron chi connectivity index (χ2n) is 4.57. The third kappa shape index (κ3) is 3.60. The number of benzene rings is 1. The van der Waals surface area contributed by atoms with Gasteiger partial charge < -0.3 is 0 Å². The normalized spacial score (nSPS) is 12.3. The summed E-state index contributed by atoms with van der Waals surface area (Å²) in [6.07, 6.45) is 0.752. The number of Topliss-reactive ketones (excluding diaryl/α,β-unsaturated/α-hetero) is 1. The maximum absolute atomic E-state index is 11.8. The van der Waals surface area contributed by atoms with Crippen molar-refractivity contribution in [2.45, 2.75) is 37.2 Å². The van der Waals surface area contributed by atoms with Crippen molar-refractivity contribution in [3.05, 3.63) is 46.4 Å². The van der Waals surface area contributed by atoms with E-state index in [-0.39, 0.29) is 16.7 Å². The number of rotatable bonds is 6. The fourth-order valence-electron chi connectivity index (χ4n) is 1.72. The van der Waals surface area contributed by atoms with Crippen molar-refractivity contribution in [3.8, 4) is 0 Å². The van der Waals surface area contributed by atoms with E-state index in [4.69, 9.17) is 0 Å². The Hall–Kier alpha value is -1.82. The van der Waals surface area contributed by atoms with Gasteiger partial charge in [0.05, 0.1) is 5.25 Å². The fraction of sp³-hybridized carbons (Fsp3) is 0.357. The van der Waals surface area contributed by atoms with Gasteiger partial charge in [-0.2, -0.15) is 0 Å². The van der Waals surface area contributed by atoms with E-state index in [1.165, 1.54) is 18.7 Å². The lowest BCUT2D eigenvalue weighted by Gasteiger charge is -2.08. The molecule has 0 saturated carbocycles. The van der Waals surface area contributed by atoms with Gasteiger partial charge >= 0.3 is 5.69 Å². The Morgan fingerprint density at radius 2 is 2.10 bits per heavy atom. The summed E-state index contributed by atoms with van der Waals surface area (Å²) in [5.74, 6) is 0.0695. The maximum Gasteiger partial charge on any atom is 0.343 e. The van der Waals surface area contributed by atoms with Crippen LogP contribution in [0.2, 0.25) is 0 Å². The minimum absolute atomic E-state index is 0.0695. The topological polar surface area (TPSA) is 67.8 Å². The molecule has 5 nitrogen and oxygen atoms in total. The first kappa shape index (κ1) is 14.6. The number of nitrogens with zero attached hydrogens (tertiary/aromatic N) is 2. The van der Waals surface area contributed by atoms with Gasteiger partial charge in [-0.25, -0.2) is 9.89 Å². The highest BCUT2D eigenvalue weighted by molar-refractivity contribution is 8.00. The van der Waals surface area contributed by atoms with E-state index in [9.17, 15) is 9.59 Å². The second-order valence-corrected chi connectivity index (χ2v) is 5.88. The number of aromatic nitrogens is 3. The standard InChI is InChI=1S/C14H17N3O2S/c1-10(18)11(2)20-14-16-15-13(19)17(14)9-8-12-6-4-3-5-7-12/h3-7,11H,8-9H2,1-2H3,(H,15,19)/t11-/m0/s1. The highest BCUT2D eigenvalue weighted by Crippen LogP contribution is 2.20. The van der Waals surface area contributed by atoms with Crippen LogP contribution < -0.4 is 5.69 Å². The molecule has 1 aromatic carbocycles. The van der Waals surface area contributed by atoms with E-state index in [0.717, 1.165) is 12.0 Å². The van der Waals surface area contributed by atoms with Crippen LogP contribution in [-0.4, -0.2) is 25.8 Å². The molecule has 1 N–H and O–H groups in total. The lowest BCUT2D eigenvalue weighted by Crippen LogP contribution is -2.20. The van der Waals surface area contributed by atoms with E-state index in [2.05, 4.69) is 10.2 Å². The minimum Gasteiger partial charge on any atom is -0.299 e. The van der Waals surface area contributed by atoms with E-state index in [1.807, 2.05) is 37.3 Å². The Kier molecular flexibility index (Phi) is 4.79. The molecule has 20 heavy (non-hydrogen) atoms. The number of ketones is 1. The molecule has 0 fully saturated rings. The van der Waals surface area contributed by atoms with Gasteiger partial charge in [0.25, 0.3) is 0 Å². The molecule has 0 spiro atoms.